The molecule has 0 aromatic carbocycles. The molecule has 2 aromatic rings. The van der Waals surface area contributed by atoms with E-state index in [-0.39, 0.29) is 0 Å². The SMILES string of the molecule is CCn1nc(C)c(Cl)c1CC(O)c1ccoc1. The largest absolute Gasteiger partial charge is 0.472 e. The topological polar surface area (TPSA) is 51.2 Å². The summed E-state index contributed by atoms with van der Waals surface area (Å²) >= 11 is 6.18. The molecule has 1 N–H and O–H groups in total. The van der Waals surface area contributed by atoms with Crippen molar-refractivity contribution in [1.82, 2.24) is 9.78 Å². The Morgan fingerprint density at radius 1 is 1.59 bits per heavy atom. The lowest BCUT2D eigenvalue weighted by molar-refractivity contribution is 0.174. The molecule has 0 amide bonds. The molecular weight excluding hydrogens is 240 g/mol. The van der Waals surface area contributed by atoms with E-state index in [2.05, 4.69) is 5.10 Å². The molecule has 0 bridgehead atoms. The van der Waals surface area contributed by atoms with Crippen LogP contribution in [0.2, 0.25) is 5.02 Å². The quantitative estimate of drug-likeness (QED) is 0.913. The Hall–Kier alpha value is -1.26. The highest BCUT2D eigenvalue weighted by Crippen LogP contribution is 2.26. The third-order valence-electron chi connectivity index (χ3n) is 2.77. The minimum absolute atomic E-state index is 0.438. The molecule has 4 nitrogen and oxygen atoms in total. The molecule has 0 aliphatic carbocycles. The molecule has 0 saturated carbocycles. The van der Waals surface area contributed by atoms with E-state index in [1.807, 2.05) is 18.5 Å². The molecule has 2 aromatic heterocycles. The van der Waals surface area contributed by atoms with Crippen LogP contribution in [-0.2, 0) is 13.0 Å². The van der Waals surface area contributed by atoms with Crippen molar-refractivity contribution in [2.45, 2.75) is 32.9 Å². The Balaban J connectivity index is 2.24. The second kappa shape index (κ2) is 4.94. The molecule has 1 atom stereocenters. The van der Waals surface area contributed by atoms with Crippen LogP contribution in [0.15, 0.2) is 23.0 Å². The van der Waals surface area contributed by atoms with Crippen LogP contribution in [0.25, 0.3) is 0 Å². The maximum Gasteiger partial charge on any atom is 0.0960 e. The summed E-state index contributed by atoms with van der Waals surface area (Å²) in [6.07, 6.45) is 2.90. The smallest absolute Gasteiger partial charge is 0.0960 e. The number of nitrogens with zero attached hydrogens (tertiary/aromatic N) is 2. The standard InChI is InChI=1S/C12H15ClN2O2/c1-3-15-10(12(13)8(2)14-15)6-11(16)9-4-5-17-7-9/h4-5,7,11,16H,3,6H2,1-2H3. The van der Waals surface area contributed by atoms with Crippen LogP contribution in [0.5, 0.6) is 0 Å². The van der Waals surface area contributed by atoms with Crippen LogP contribution in [0.1, 0.15) is 30.0 Å². The van der Waals surface area contributed by atoms with E-state index in [4.69, 9.17) is 16.0 Å². The monoisotopic (exact) mass is 254 g/mol. The molecule has 1 unspecified atom stereocenters. The number of hydrogen-bond acceptors (Lipinski definition) is 3. The van der Waals surface area contributed by atoms with Crippen molar-refractivity contribution in [2.24, 2.45) is 0 Å². The van der Waals surface area contributed by atoms with Crippen molar-refractivity contribution in [3.8, 4) is 0 Å². The first-order valence-corrected chi connectivity index (χ1v) is 5.93. The first-order valence-electron chi connectivity index (χ1n) is 5.55. The lowest BCUT2D eigenvalue weighted by Gasteiger charge is -2.10. The number of furan rings is 1. The zero-order valence-electron chi connectivity index (χ0n) is 9.85. The minimum Gasteiger partial charge on any atom is -0.472 e. The number of halogens is 1. The predicted molar refractivity (Wildman–Crippen MR) is 65.0 cm³/mol. The first-order chi connectivity index (χ1) is 8.13. The molecular formula is C12H15ClN2O2. The van der Waals surface area contributed by atoms with Crippen LogP contribution in [0.4, 0.5) is 0 Å². The summed E-state index contributed by atoms with van der Waals surface area (Å²) in [6.45, 7) is 4.60. The fraction of sp³-hybridized carbons (Fsp3) is 0.417. The third-order valence-corrected chi connectivity index (χ3v) is 3.26. The zero-order valence-corrected chi connectivity index (χ0v) is 10.6. The Morgan fingerprint density at radius 3 is 2.94 bits per heavy atom. The van der Waals surface area contributed by atoms with Gasteiger partial charge in [-0.25, -0.2) is 0 Å². The highest BCUT2D eigenvalue weighted by Gasteiger charge is 2.18. The van der Waals surface area contributed by atoms with Crippen LogP contribution in [0.3, 0.4) is 0 Å². The predicted octanol–water partition coefficient (Wildman–Crippen LogP) is 2.73. The number of rotatable bonds is 4. The van der Waals surface area contributed by atoms with Gasteiger partial charge in [0.2, 0.25) is 0 Å². The van der Waals surface area contributed by atoms with E-state index in [1.165, 1.54) is 6.26 Å². The maximum absolute atomic E-state index is 10.1. The van der Waals surface area contributed by atoms with Gasteiger partial charge in [0.15, 0.2) is 0 Å². The van der Waals surface area contributed by atoms with Crippen molar-refractivity contribution in [2.75, 3.05) is 0 Å². The molecule has 0 spiro atoms. The van der Waals surface area contributed by atoms with E-state index in [9.17, 15) is 5.11 Å². The van der Waals surface area contributed by atoms with Gasteiger partial charge in [0, 0.05) is 18.5 Å². The van der Waals surface area contributed by atoms with Crippen molar-refractivity contribution in [3.05, 3.63) is 40.6 Å². The molecule has 0 aliphatic heterocycles. The van der Waals surface area contributed by atoms with Gasteiger partial charge in [-0.05, 0) is 19.9 Å². The highest BCUT2D eigenvalue weighted by atomic mass is 35.5. The van der Waals surface area contributed by atoms with Crippen LogP contribution >= 0.6 is 11.6 Å². The van der Waals surface area contributed by atoms with Gasteiger partial charge in [-0.2, -0.15) is 5.10 Å². The van der Waals surface area contributed by atoms with Gasteiger partial charge in [-0.15, -0.1) is 0 Å². The lowest BCUT2D eigenvalue weighted by Crippen LogP contribution is -2.08. The fourth-order valence-corrected chi connectivity index (χ4v) is 2.04. The number of aryl methyl sites for hydroxylation is 2. The van der Waals surface area contributed by atoms with Crippen LogP contribution in [0, 0.1) is 6.92 Å². The maximum atomic E-state index is 10.1. The van der Waals surface area contributed by atoms with Crippen molar-refractivity contribution in [3.63, 3.8) is 0 Å². The van der Waals surface area contributed by atoms with E-state index in [1.54, 1.807) is 12.3 Å². The molecule has 5 heteroatoms. The van der Waals surface area contributed by atoms with Crippen molar-refractivity contribution in [1.29, 1.82) is 0 Å². The van der Waals surface area contributed by atoms with Crippen LogP contribution in [-0.4, -0.2) is 14.9 Å². The molecule has 0 saturated heterocycles. The summed E-state index contributed by atoms with van der Waals surface area (Å²) < 4.78 is 6.77. The van der Waals surface area contributed by atoms with E-state index >= 15 is 0 Å². The van der Waals surface area contributed by atoms with Crippen molar-refractivity contribution >= 4 is 11.6 Å². The fourth-order valence-electron chi connectivity index (χ4n) is 1.83. The van der Waals surface area contributed by atoms with E-state index < -0.39 is 6.10 Å². The Labute approximate surface area is 105 Å². The number of hydrogen-bond donors (Lipinski definition) is 1. The number of aliphatic hydroxyl groups is 1. The minimum atomic E-state index is -0.618. The summed E-state index contributed by atoms with van der Waals surface area (Å²) in [5.74, 6) is 0. The number of aromatic nitrogens is 2. The van der Waals surface area contributed by atoms with E-state index in [0.717, 1.165) is 23.5 Å². The third kappa shape index (κ3) is 2.37. The van der Waals surface area contributed by atoms with Crippen molar-refractivity contribution < 1.29 is 9.52 Å². The normalized spacial score (nSPS) is 12.9. The summed E-state index contributed by atoms with van der Waals surface area (Å²) in [5, 5.41) is 15.0. The van der Waals surface area contributed by atoms with Gasteiger partial charge in [0.05, 0.1) is 35.0 Å². The van der Waals surface area contributed by atoms with Gasteiger partial charge in [0.1, 0.15) is 0 Å². The summed E-state index contributed by atoms with van der Waals surface area (Å²) in [4.78, 5) is 0. The summed E-state index contributed by atoms with van der Waals surface area (Å²) in [5.41, 5.74) is 2.41. The molecule has 0 fully saturated rings. The molecule has 2 heterocycles. The van der Waals surface area contributed by atoms with Gasteiger partial charge in [0.25, 0.3) is 0 Å². The van der Waals surface area contributed by atoms with Gasteiger partial charge < -0.3 is 9.52 Å². The molecule has 2 rings (SSSR count). The second-order valence-electron chi connectivity index (χ2n) is 3.94. The molecule has 92 valence electrons. The second-order valence-corrected chi connectivity index (χ2v) is 4.32. The van der Waals surface area contributed by atoms with Crippen LogP contribution < -0.4 is 0 Å². The first kappa shape index (κ1) is 12.2. The lowest BCUT2D eigenvalue weighted by atomic mass is 10.1. The average Bonchev–Trinajstić information content (AvgIpc) is 2.92. The van der Waals surface area contributed by atoms with Gasteiger partial charge in [-0.1, -0.05) is 11.6 Å². The Kier molecular flexibility index (Phi) is 3.54. The summed E-state index contributed by atoms with van der Waals surface area (Å²) in [6, 6.07) is 1.75. The molecule has 0 aliphatic rings. The molecule has 17 heavy (non-hydrogen) atoms. The Morgan fingerprint density at radius 2 is 2.35 bits per heavy atom. The average molecular weight is 255 g/mol. The molecule has 0 radical (unpaired) electrons. The Bertz CT molecular complexity index is 491. The highest BCUT2D eigenvalue weighted by molar-refractivity contribution is 6.31. The zero-order chi connectivity index (χ0) is 12.4. The number of aliphatic hydroxyl groups excluding tert-OH is 1. The summed E-state index contributed by atoms with van der Waals surface area (Å²) in [7, 11) is 0. The van der Waals surface area contributed by atoms with Gasteiger partial charge >= 0.3 is 0 Å². The van der Waals surface area contributed by atoms with Gasteiger partial charge in [-0.3, -0.25) is 4.68 Å². The van der Waals surface area contributed by atoms with E-state index in [0.29, 0.717) is 11.4 Å².